The average Bonchev–Trinajstić information content (AvgIpc) is 2.85. The number of hydrogen-bond acceptors (Lipinski definition) is 4. The van der Waals surface area contributed by atoms with E-state index in [1.807, 2.05) is 0 Å². The lowest BCUT2D eigenvalue weighted by atomic mass is 9.96. The number of nitrogens with zero attached hydrogens (tertiary/aromatic N) is 1. The summed E-state index contributed by atoms with van der Waals surface area (Å²) in [6.07, 6.45) is 2.29. The van der Waals surface area contributed by atoms with E-state index in [0.29, 0.717) is 0 Å². The Morgan fingerprint density at radius 2 is 2.33 bits per heavy atom. The molecule has 1 saturated heterocycles. The van der Waals surface area contributed by atoms with Gasteiger partial charge in [0.05, 0.1) is 18.0 Å². The molecule has 0 radical (unpaired) electrons. The zero-order chi connectivity index (χ0) is 10.8. The van der Waals surface area contributed by atoms with E-state index in [0.717, 1.165) is 37.4 Å². The molecule has 0 bridgehead atoms. The van der Waals surface area contributed by atoms with Crippen molar-refractivity contribution < 1.29 is 9.90 Å². The minimum Gasteiger partial charge on any atom is -0.393 e. The molecule has 0 spiro atoms. The summed E-state index contributed by atoms with van der Waals surface area (Å²) in [6, 6.07) is -0.499. The molecule has 1 saturated carbocycles. The van der Waals surface area contributed by atoms with E-state index in [2.05, 4.69) is 0 Å². The third kappa shape index (κ3) is 2.29. The van der Waals surface area contributed by atoms with Gasteiger partial charge in [-0.1, -0.05) is 6.42 Å². The van der Waals surface area contributed by atoms with Gasteiger partial charge >= 0.3 is 0 Å². The fraction of sp³-hybridized carbons (Fsp3) is 0.900. The Labute approximate surface area is 94.2 Å². The molecular formula is C10H18N2O2S. The van der Waals surface area contributed by atoms with Crippen LogP contribution in [0.4, 0.5) is 0 Å². The molecule has 2 fully saturated rings. The van der Waals surface area contributed by atoms with Crippen molar-refractivity contribution in [2.45, 2.75) is 31.4 Å². The maximum Gasteiger partial charge on any atom is 0.240 e. The Balaban J connectivity index is 1.94. The number of thioether (sulfide) groups is 1. The van der Waals surface area contributed by atoms with E-state index in [1.165, 1.54) is 0 Å². The van der Waals surface area contributed by atoms with E-state index < -0.39 is 6.04 Å². The Bertz CT molecular complexity index is 244. The van der Waals surface area contributed by atoms with Crippen LogP contribution in [0.2, 0.25) is 0 Å². The zero-order valence-electron chi connectivity index (χ0n) is 8.76. The highest BCUT2D eigenvalue weighted by atomic mass is 32.2. The third-order valence-corrected chi connectivity index (χ3v) is 4.31. The van der Waals surface area contributed by atoms with Crippen LogP contribution in [0.25, 0.3) is 0 Å². The average molecular weight is 230 g/mol. The maximum absolute atomic E-state index is 12.0. The molecular weight excluding hydrogens is 212 g/mol. The van der Waals surface area contributed by atoms with E-state index in [-0.39, 0.29) is 17.9 Å². The molecule has 0 aromatic heterocycles. The van der Waals surface area contributed by atoms with E-state index in [4.69, 9.17) is 5.73 Å². The summed E-state index contributed by atoms with van der Waals surface area (Å²) in [6.45, 7) is 0.806. The molecule has 1 heterocycles. The smallest absolute Gasteiger partial charge is 0.240 e. The first-order valence-electron chi connectivity index (χ1n) is 5.50. The largest absolute Gasteiger partial charge is 0.393 e. The van der Waals surface area contributed by atoms with Gasteiger partial charge in [0.2, 0.25) is 5.91 Å². The van der Waals surface area contributed by atoms with Crippen molar-refractivity contribution in [3.05, 3.63) is 0 Å². The number of aliphatic hydroxyl groups excluding tert-OH is 1. The predicted molar refractivity (Wildman–Crippen MR) is 60.4 cm³/mol. The van der Waals surface area contributed by atoms with Crippen molar-refractivity contribution in [3.8, 4) is 0 Å². The van der Waals surface area contributed by atoms with Crippen LogP contribution in [0.15, 0.2) is 0 Å². The maximum atomic E-state index is 12.0. The van der Waals surface area contributed by atoms with Gasteiger partial charge in [-0.2, -0.15) is 0 Å². The Hall–Kier alpha value is -0.260. The monoisotopic (exact) mass is 230 g/mol. The second-order valence-electron chi connectivity index (χ2n) is 4.33. The van der Waals surface area contributed by atoms with E-state index >= 15 is 0 Å². The molecule has 1 aliphatic carbocycles. The number of aliphatic hydroxyl groups is 1. The first-order chi connectivity index (χ1) is 7.20. The van der Waals surface area contributed by atoms with Gasteiger partial charge in [0.25, 0.3) is 0 Å². The highest BCUT2D eigenvalue weighted by Crippen LogP contribution is 2.29. The van der Waals surface area contributed by atoms with Gasteiger partial charge in [-0.25, -0.2) is 0 Å². The molecule has 15 heavy (non-hydrogen) atoms. The van der Waals surface area contributed by atoms with Crippen LogP contribution in [0.1, 0.15) is 19.3 Å². The molecule has 1 aliphatic heterocycles. The lowest BCUT2D eigenvalue weighted by Crippen LogP contribution is -2.48. The van der Waals surface area contributed by atoms with Gasteiger partial charge in [0, 0.05) is 18.2 Å². The number of carbonyl (C=O) groups excluding carboxylic acids is 1. The molecule has 0 aromatic rings. The molecule has 86 valence electrons. The van der Waals surface area contributed by atoms with Gasteiger partial charge in [-0.15, -0.1) is 11.8 Å². The first-order valence-corrected chi connectivity index (χ1v) is 6.66. The van der Waals surface area contributed by atoms with E-state index in [1.54, 1.807) is 16.7 Å². The van der Waals surface area contributed by atoms with E-state index in [9.17, 15) is 9.90 Å². The minimum absolute atomic E-state index is 0.0194. The van der Waals surface area contributed by atoms with Crippen molar-refractivity contribution >= 4 is 17.7 Å². The number of rotatable bonds is 2. The normalized spacial score (nSPS) is 33.3. The molecule has 5 heteroatoms. The van der Waals surface area contributed by atoms with Crippen molar-refractivity contribution in [3.63, 3.8) is 0 Å². The van der Waals surface area contributed by atoms with Crippen LogP contribution < -0.4 is 5.73 Å². The van der Waals surface area contributed by atoms with Crippen LogP contribution in [0.5, 0.6) is 0 Å². The summed E-state index contributed by atoms with van der Waals surface area (Å²) >= 11 is 1.76. The molecule has 3 atom stereocenters. The Morgan fingerprint density at radius 3 is 2.87 bits per heavy atom. The lowest BCUT2D eigenvalue weighted by Gasteiger charge is -2.25. The number of hydrogen-bond donors (Lipinski definition) is 2. The van der Waals surface area contributed by atoms with Gasteiger partial charge in [0.1, 0.15) is 0 Å². The standard InChI is InChI=1S/C10H18N2O2S/c11-9(7-2-1-3-8(7)13)10(14)12-4-5-15-6-12/h7-9,13H,1-6,11H2/t7-,8-,9-/m1/s1. The second-order valence-corrected chi connectivity index (χ2v) is 5.40. The molecule has 0 aromatic carbocycles. The summed E-state index contributed by atoms with van der Waals surface area (Å²) in [4.78, 5) is 13.8. The summed E-state index contributed by atoms with van der Waals surface area (Å²) < 4.78 is 0. The summed E-state index contributed by atoms with van der Waals surface area (Å²) in [5, 5.41) is 9.70. The van der Waals surface area contributed by atoms with Crippen molar-refractivity contribution in [2.75, 3.05) is 18.2 Å². The number of amides is 1. The van der Waals surface area contributed by atoms with Crippen LogP contribution in [0, 0.1) is 5.92 Å². The lowest BCUT2D eigenvalue weighted by molar-refractivity contribution is -0.133. The minimum atomic E-state index is -0.499. The van der Waals surface area contributed by atoms with Crippen molar-refractivity contribution in [1.29, 1.82) is 0 Å². The van der Waals surface area contributed by atoms with Crippen molar-refractivity contribution in [2.24, 2.45) is 11.7 Å². The van der Waals surface area contributed by atoms with Crippen LogP contribution in [-0.4, -0.2) is 46.2 Å². The number of nitrogens with two attached hydrogens (primary N) is 1. The quantitative estimate of drug-likeness (QED) is 0.701. The molecule has 2 aliphatic rings. The summed E-state index contributed by atoms with van der Waals surface area (Å²) in [7, 11) is 0. The van der Waals surface area contributed by atoms with Gasteiger partial charge in [-0.3, -0.25) is 4.79 Å². The molecule has 2 rings (SSSR count). The topological polar surface area (TPSA) is 66.6 Å². The molecule has 3 N–H and O–H groups in total. The van der Waals surface area contributed by atoms with Crippen LogP contribution in [0.3, 0.4) is 0 Å². The highest BCUT2D eigenvalue weighted by molar-refractivity contribution is 7.99. The van der Waals surface area contributed by atoms with Gasteiger partial charge in [-0.05, 0) is 12.8 Å². The summed E-state index contributed by atoms with van der Waals surface area (Å²) in [5.41, 5.74) is 5.93. The summed E-state index contributed by atoms with van der Waals surface area (Å²) in [5.74, 6) is 1.76. The third-order valence-electron chi connectivity index (χ3n) is 3.34. The van der Waals surface area contributed by atoms with Crippen molar-refractivity contribution in [1.82, 2.24) is 4.90 Å². The van der Waals surface area contributed by atoms with Crippen LogP contribution >= 0.6 is 11.8 Å². The fourth-order valence-corrected chi connectivity index (χ4v) is 3.33. The van der Waals surface area contributed by atoms with Gasteiger partial charge in [0.15, 0.2) is 0 Å². The molecule has 4 nitrogen and oxygen atoms in total. The van der Waals surface area contributed by atoms with Gasteiger partial charge < -0.3 is 15.7 Å². The SMILES string of the molecule is N[C@@H](C(=O)N1CCSC1)[C@@H]1CCC[C@H]1O. The molecule has 0 unspecified atom stereocenters. The zero-order valence-corrected chi connectivity index (χ0v) is 9.58. The molecule has 1 amide bonds. The number of carbonyl (C=O) groups is 1. The first kappa shape index (κ1) is 11.2. The second kappa shape index (κ2) is 4.72. The Morgan fingerprint density at radius 1 is 1.53 bits per heavy atom. The predicted octanol–water partition coefficient (Wildman–Crippen LogP) is 0.00760. The highest BCUT2D eigenvalue weighted by Gasteiger charge is 2.36. The van der Waals surface area contributed by atoms with Crippen LogP contribution in [-0.2, 0) is 4.79 Å². The fourth-order valence-electron chi connectivity index (χ4n) is 2.37. The Kier molecular flexibility index (Phi) is 3.53.